The summed E-state index contributed by atoms with van der Waals surface area (Å²) in [6.45, 7) is 3.75. The molecule has 0 atom stereocenters. The van der Waals surface area contributed by atoms with Gasteiger partial charge in [-0.15, -0.1) is 0 Å². The predicted molar refractivity (Wildman–Crippen MR) is 53.7 cm³/mol. The van der Waals surface area contributed by atoms with Crippen LogP contribution in [0.4, 0.5) is 0 Å². The molecule has 0 amide bonds. The van der Waals surface area contributed by atoms with E-state index in [1.54, 1.807) is 13.0 Å². The van der Waals surface area contributed by atoms with Crippen molar-refractivity contribution in [2.45, 2.75) is 20.3 Å². The van der Waals surface area contributed by atoms with Crippen molar-refractivity contribution < 1.29 is 4.79 Å². The Kier molecular flexibility index (Phi) is 2.96. The topological polar surface area (TPSA) is 40.9 Å². The summed E-state index contributed by atoms with van der Waals surface area (Å²) in [7, 11) is 0. The Hall–Kier alpha value is -1.44. The van der Waals surface area contributed by atoms with Gasteiger partial charge in [-0.3, -0.25) is 4.79 Å². The van der Waals surface area contributed by atoms with Crippen LogP contribution in [0.25, 0.3) is 0 Å². The predicted octanol–water partition coefficient (Wildman–Crippen LogP) is 2.45. The Bertz CT molecular complexity index is 342. The number of benzene rings is 1. The summed E-state index contributed by atoms with van der Waals surface area (Å²) in [6.07, 6.45) is 1.69. The molecule has 0 fully saturated rings. The van der Waals surface area contributed by atoms with Gasteiger partial charge in [0, 0.05) is 11.3 Å². The minimum Gasteiger partial charge on any atom is -0.305 e. The molecule has 68 valence electrons. The number of carbonyl (C=O) groups excluding carboxylic acids is 1. The van der Waals surface area contributed by atoms with Crippen molar-refractivity contribution in [2.24, 2.45) is 0 Å². The average molecular weight is 175 g/mol. The Labute approximate surface area is 78.1 Å². The molecule has 0 heterocycles. The van der Waals surface area contributed by atoms with Crippen molar-refractivity contribution in [1.29, 1.82) is 5.41 Å². The van der Waals surface area contributed by atoms with E-state index >= 15 is 0 Å². The van der Waals surface area contributed by atoms with E-state index in [9.17, 15) is 4.79 Å². The van der Waals surface area contributed by atoms with Crippen LogP contribution in [0.1, 0.15) is 35.3 Å². The molecule has 0 saturated heterocycles. The van der Waals surface area contributed by atoms with Gasteiger partial charge in [-0.05, 0) is 30.5 Å². The average Bonchev–Trinajstić information content (AvgIpc) is 2.16. The number of hydrogen-bond donors (Lipinski definition) is 1. The summed E-state index contributed by atoms with van der Waals surface area (Å²) in [5, 5.41) is 7.45. The van der Waals surface area contributed by atoms with Crippen LogP contribution in [0.15, 0.2) is 18.2 Å². The molecule has 0 aliphatic carbocycles. The number of carbonyl (C=O) groups is 1. The number of aryl methyl sites for hydroxylation is 1. The summed E-state index contributed by atoms with van der Waals surface area (Å²) in [4.78, 5) is 10.6. The molecule has 0 unspecified atom stereocenters. The lowest BCUT2D eigenvalue weighted by Crippen LogP contribution is -1.97. The number of aldehydes is 1. The molecule has 1 N–H and O–H groups in total. The largest absolute Gasteiger partial charge is 0.305 e. The van der Waals surface area contributed by atoms with Crippen LogP contribution in [0, 0.1) is 5.41 Å². The fourth-order valence-corrected chi connectivity index (χ4v) is 1.26. The molecular formula is C11H13NO. The fourth-order valence-electron chi connectivity index (χ4n) is 1.26. The highest BCUT2D eigenvalue weighted by Crippen LogP contribution is 2.11. The minimum atomic E-state index is 0.534. The molecule has 0 aliphatic rings. The second-order valence-corrected chi connectivity index (χ2v) is 3.01. The first kappa shape index (κ1) is 9.65. The third-order valence-electron chi connectivity index (χ3n) is 2.08. The molecule has 2 heteroatoms. The highest BCUT2D eigenvalue weighted by atomic mass is 16.1. The number of rotatable bonds is 3. The van der Waals surface area contributed by atoms with Crippen LogP contribution >= 0.6 is 0 Å². The highest BCUT2D eigenvalue weighted by Gasteiger charge is 2.02. The van der Waals surface area contributed by atoms with Gasteiger partial charge in [0.25, 0.3) is 0 Å². The van der Waals surface area contributed by atoms with Crippen molar-refractivity contribution >= 4 is 12.0 Å². The summed E-state index contributed by atoms with van der Waals surface area (Å²) in [5.41, 5.74) is 3.17. The van der Waals surface area contributed by atoms with Crippen LogP contribution in [0.5, 0.6) is 0 Å². The van der Waals surface area contributed by atoms with Gasteiger partial charge in [0.15, 0.2) is 0 Å². The second kappa shape index (κ2) is 3.99. The minimum absolute atomic E-state index is 0.534. The normalized spacial score (nSPS) is 9.69. The highest BCUT2D eigenvalue weighted by molar-refractivity contribution is 5.97. The van der Waals surface area contributed by atoms with E-state index in [0.717, 1.165) is 29.4 Å². The first-order valence-electron chi connectivity index (χ1n) is 4.32. The maximum atomic E-state index is 10.6. The van der Waals surface area contributed by atoms with E-state index in [-0.39, 0.29) is 0 Å². The van der Waals surface area contributed by atoms with Crippen molar-refractivity contribution in [1.82, 2.24) is 0 Å². The van der Waals surface area contributed by atoms with Crippen LogP contribution in [-0.2, 0) is 6.42 Å². The Morgan fingerprint density at radius 1 is 1.54 bits per heavy atom. The van der Waals surface area contributed by atoms with Gasteiger partial charge in [0.2, 0.25) is 0 Å². The van der Waals surface area contributed by atoms with Crippen LogP contribution in [0.2, 0.25) is 0 Å². The molecular weight excluding hydrogens is 162 g/mol. The lowest BCUT2D eigenvalue weighted by atomic mass is 10.0. The maximum absolute atomic E-state index is 10.6. The van der Waals surface area contributed by atoms with Gasteiger partial charge in [-0.25, -0.2) is 0 Å². The van der Waals surface area contributed by atoms with E-state index in [4.69, 9.17) is 5.41 Å². The Balaban J connectivity index is 3.20. The Morgan fingerprint density at radius 3 is 2.69 bits per heavy atom. The molecule has 1 rings (SSSR count). The number of nitrogens with one attached hydrogen (secondary N) is 1. The fraction of sp³-hybridized carbons (Fsp3) is 0.273. The van der Waals surface area contributed by atoms with Crippen LogP contribution in [0.3, 0.4) is 0 Å². The quantitative estimate of drug-likeness (QED) is 0.556. The van der Waals surface area contributed by atoms with Crippen LogP contribution < -0.4 is 0 Å². The molecule has 13 heavy (non-hydrogen) atoms. The first-order valence-corrected chi connectivity index (χ1v) is 4.32. The molecule has 0 spiro atoms. The monoisotopic (exact) mass is 175 g/mol. The van der Waals surface area contributed by atoms with Gasteiger partial charge < -0.3 is 5.41 Å². The van der Waals surface area contributed by atoms with Gasteiger partial charge in [0.05, 0.1) is 0 Å². The van der Waals surface area contributed by atoms with Gasteiger partial charge in [0.1, 0.15) is 6.29 Å². The van der Waals surface area contributed by atoms with E-state index in [1.807, 2.05) is 19.1 Å². The van der Waals surface area contributed by atoms with Crippen molar-refractivity contribution in [2.75, 3.05) is 0 Å². The van der Waals surface area contributed by atoms with Crippen molar-refractivity contribution in [3.63, 3.8) is 0 Å². The van der Waals surface area contributed by atoms with Gasteiger partial charge in [-0.1, -0.05) is 19.1 Å². The van der Waals surface area contributed by atoms with Crippen LogP contribution in [-0.4, -0.2) is 12.0 Å². The van der Waals surface area contributed by atoms with Gasteiger partial charge >= 0.3 is 0 Å². The molecule has 0 aliphatic heterocycles. The number of hydrogen-bond acceptors (Lipinski definition) is 2. The molecule has 0 bridgehead atoms. The van der Waals surface area contributed by atoms with E-state index in [0.29, 0.717) is 5.71 Å². The smallest absolute Gasteiger partial charge is 0.150 e. The molecule has 2 nitrogen and oxygen atoms in total. The zero-order valence-electron chi connectivity index (χ0n) is 7.92. The summed E-state index contributed by atoms with van der Waals surface area (Å²) in [6, 6.07) is 5.50. The standard InChI is InChI=1S/C11H13NO/c1-3-9-6-10(8(2)12)4-5-11(9)7-13/h4-7,12H,3H2,1-2H3. The summed E-state index contributed by atoms with van der Waals surface area (Å²) >= 11 is 0. The summed E-state index contributed by atoms with van der Waals surface area (Å²) in [5.74, 6) is 0. The van der Waals surface area contributed by atoms with Crippen molar-refractivity contribution in [3.05, 3.63) is 34.9 Å². The first-order chi connectivity index (χ1) is 6.19. The SMILES string of the molecule is CCc1cc(C(C)=N)ccc1C=O. The summed E-state index contributed by atoms with van der Waals surface area (Å²) < 4.78 is 0. The Morgan fingerprint density at radius 2 is 2.23 bits per heavy atom. The molecule has 0 aromatic heterocycles. The lowest BCUT2D eigenvalue weighted by molar-refractivity contribution is 0.112. The van der Waals surface area contributed by atoms with E-state index in [2.05, 4.69) is 0 Å². The molecule has 1 aromatic carbocycles. The van der Waals surface area contributed by atoms with E-state index in [1.165, 1.54) is 0 Å². The molecule has 0 radical (unpaired) electrons. The zero-order chi connectivity index (χ0) is 9.84. The second-order valence-electron chi connectivity index (χ2n) is 3.01. The van der Waals surface area contributed by atoms with Gasteiger partial charge in [-0.2, -0.15) is 0 Å². The third kappa shape index (κ3) is 2.02. The zero-order valence-corrected chi connectivity index (χ0v) is 7.92. The van der Waals surface area contributed by atoms with Crippen molar-refractivity contribution in [3.8, 4) is 0 Å². The van der Waals surface area contributed by atoms with E-state index < -0.39 is 0 Å². The maximum Gasteiger partial charge on any atom is 0.150 e. The third-order valence-corrected chi connectivity index (χ3v) is 2.08. The molecule has 0 saturated carbocycles. The molecule has 1 aromatic rings. The lowest BCUT2D eigenvalue weighted by Gasteiger charge is -2.04.